The number of H-pyrrole nitrogens is 1. The molecule has 0 aliphatic carbocycles. The van der Waals surface area contributed by atoms with E-state index in [-0.39, 0.29) is 5.91 Å². The number of carbonyl (C=O) groups excluding carboxylic acids is 1. The molecule has 0 unspecified atom stereocenters. The first kappa shape index (κ1) is 12.7. The minimum absolute atomic E-state index is 0.0885. The van der Waals surface area contributed by atoms with Crippen molar-refractivity contribution < 1.29 is 9.53 Å². The Morgan fingerprint density at radius 2 is 2.38 bits per heavy atom. The van der Waals surface area contributed by atoms with Gasteiger partial charge in [-0.05, 0) is 20.3 Å². The molecule has 1 rings (SSSR count). The SMILES string of the molecule is COC(C)(C)C(=O)NCCCc1ncc[nH]1. The van der Waals surface area contributed by atoms with Gasteiger partial charge < -0.3 is 15.0 Å². The number of aryl methyl sites for hydroxylation is 1. The summed E-state index contributed by atoms with van der Waals surface area (Å²) < 4.78 is 5.07. The molecule has 0 atom stereocenters. The Labute approximate surface area is 95.6 Å². The van der Waals surface area contributed by atoms with Crippen LogP contribution < -0.4 is 5.32 Å². The van der Waals surface area contributed by atoms with Crippen molar-refractivity contribution >= 4 is 5.91 Å². The quantitative estimate of drug-likeness (QED) is 0.706. The molecular formula is C11H19N3O2. The predicted octanol–water partition coefficient (Wildman–Crippen LogP) is 0.883. The van der Waals surface area contributed by atoms with Crippen LogP contribution in [-0.4, -0.2) is 35.1 Å². The molecule has 0 radical (unpaired) electrons. The molecule has 0 aromatic carbocycles. The smallest absolute Gasteiger partial charge is 0.251 e. The van der Waals surface area contributed by atoms with Crippen LogP contribution in [0, 0.1) is 0 Å². The van der Waals surface area contributed by atoms with Crippen LogP contribution >= 0.6 is 0 Å². The van der Waals surface area contributed by atoms with E-state index in [1.807, 2.05) is 0 Å². The molecule has 0 bridgehead atoms. The Morgan fingerprint density at radius 1 is 1.62 bits per heavy atom. The van der Waals surface area contributed by atoms with Crippen LogP contribution in [0.25, 0.3) is 0 Å². The van der Waals surface area contributed by atoms with Crippen molar-refractivity contribution in [2.75, 3.05) is 13.7 Å². The van der Waals surface area contributed by atoms with E-state index in [0.717, 1.165) is 18.7 Å². The van der Waals surface area contributed by atoms with Crippen molar-refractivity contribution in [2.24, 2.45) is 0 Å². The van der Waals surface area contributed by atoms with E-state index in [1.54, 1.807) is 26.2 Å². The molecule has 1 heterocycles. The summed E-state index contributed by atoms with van der Waals surface area (Å²) in [7, 11) is 1.53. The summed E-state index contributed by atoms with van der Waals surface area (Å²) in [5, 5.41) is 2.83. The zero-order valence-electron chi connectivity index (χ0n) is 10.0. The number of imidazole rings is 1. The van der Waals surface area contributed by atoms with Crippen LogP contribution in [0.4, 0.5) is 0 Å². The van der Waals surface area contributed by atoms with Crippen LogP contribution in [0.1, 0.15) is 26.1 Å². The van der Waals surface area contributed by atoms with E-state index in [1.165, 1.54) is 7.11 Å². The van der Waals surface area contributed by atoms with Crippen LogP contribution in [-0.2, 0) is 16.0 Å². The lowest BCUT2D eigenvalue weighted by Gasteiger charge is -2.21. The average molecular weight is 225 g/mol. The Hall–Kier alpha value is -1.36. The predicted molar refractivity (Wildman–Crippen MR) is 61.0 cm³/mol. The van der Waals surface area contributed by atoms with E-state index >= 15 is 0 Å². The van der Waals surface area contributed by atoms with Crippen molar-refractivity contribution in [3.8, 4) is 0 Å². The molecule has 1 aromatic rings. The molecule has 5 nitrogen and oxygen atoms in total. The van der Waals surface area contributed by atoms with Crippen molar-refractivity contribution in [1.29, 1.82) is 0 Å². The molecule has 5 heteroatoms. The van der Waals surface area contributed by atoms with Crippen LogP contribution in [0.3, 0.4) is 0 Å². The first-order valence-corrected chi connectivity index (χ1v) is 5.38. The number of aromatic amines is 1. The van der Waals surface area contributed by atoms with Gasteiger partial charge in [0.25, 0.3) is 5.91 Å². The Morgan fingerprint density at radius 3 is 2.94 bits per heavy atom. The number of carbonyl (C=O) groups is 1. The third-order valence-corrected chi connectivity index (χ3v) is 2.49. The van der Waals surface area contributed by atoms with Gasteiger partial charge >= 0.3 is 0 Å². The maximum absolute atomic E-state index is 11.6. The molecule has 1 amide bonds. The highest BCUT2D eigenvalue weighted by Crippen LogP contribution is 2.06. The number of methoxy groups -OCH3 is 1. The number of hydrogen-bond acceptors (Lipinski definition) is 3. The van der Waals surface area contributed by atoms with Gasteiger partial charge in [0.15, 0.2) is 0 Å². The molecule has 2 N–H and O–H groups in total. The fourth-order valence-electron chi connectivity index (χ4n) is 1.20. The molecule has 0 saturated heterocycles. The highest BCUT2D eigenvalue weighted by atomic mass is 16.5. The average Bonchev–Trinajstić information content (AvgIpc) is 2.76. The number of hydrogen-bond donors (Lipinski definition) is 2. The number of ether oxygens (including phenoxy) is 1. The van der Waals surface area contributed by atoms with Gasteiger partial charge in [-0.15, -0.1) is 0 Å². The Kier molecular flexibility index (Phi) is 4.49. The maximum atomic E-state index is 11.6. The lowest BCUT2D eigenvalue weighted by Crippen LogP contribution is -2.43. The minimum atomic E-state index is -0.759. The minimum Gasteiger partial charge on any atom is -0.369 e. The summed E-state index contributed by atoms with van der Waals surface area (Å²) in [4.78, 5) is 18.7. The molecule has 16 heavy (non-hydrogen) atoms. The van der Waals surface area contributed by atoms with Gasteiger partial charge in [-0.1, -0.05) is 0 Å². The summed E-state index contributed by atoms with van der Waals surface area (Å²) >= 11 is 0. The highest BCUT2D eigenvalue weighted by Gasteiger charge is 2.26. The van der Waals surface area contributed by atoms with Crippen LogP contribution in [0.15, 0.2) is 12.4 Å². The number of rotatable bonds is 6. The topological polar surface area (TPSA) is 67.0 Å². The second kappa shape index (κ2) is 5.65. The Bertz CT molecular complexity index is 320. The molecule has 0 saturated carbocycles. The third-order valence-electron chi connectivity index (χ3n) is 2.49. The van der Waals surface area contributed by atoms with E-state index < -0.39 is 5.60 Å². The standard InChI is InChI=1S/C11H19N3O2/c1-11(2,16-3)10(15)14-6-4-5-9-12-7-8-13-9/h7-8H,4-6H2,1-3H3,(H,12,13)(H,14,15). The second-order valence-electron chi connectivity index (χ2n) is 4.11. The van der Waals surface area contributed by atoms with Gasteiger partial charge in [0.05, 0.1) is 0 Å². The van der Waals surface area contributed by atoms with Crippen LogP contribution in [0.2, 0.25) is 0 Å². The lowest BCUT2D eigenvalue weighted by molar-refractivity contribution is -0.139. The van der Waals surface area contributed by atoms with E-state index in [2.05, 4.69) is 15.3 Å². The Balaban J connectivity index is 2.18. The highest BCUT2D eigenvalue weighted by molar-refractivity contribution is 5.84. The summed E-state index contributed by atoms with van der Waals surface area (Å²) in [5.41, 5.74) is -0.759. The molecule has 0 aliphatic heterocycles. The van der Waals surface area contributed by atoms with Crippen molar-refractivity contribution in [2.45, 2.75) is 32.3 Å². The summed E-state index contributed by atoms with van der Waals surface area (Å²) in [6.07, 6.45) is 5.21. The van der Waals surface area contributed by atoms with Gasteiger partial charge in [-0.3, -0.25) is 4.79 Å². The number of nitrogens with one attached hydrogen (secondary N) is 2. The number of amides is 1. The molecule has 1 aromatic heterocycles. The molecule has 0 aliphatic rings. The number of nitrogens with zero attached hydrogens (tertiary/aromatic N) is 1. The first-order valence-electron chi connectivity index (χ1n) is 5.38. The van der Waals surface area contributed by atoms with Crippen molar-refractivity contribution in [3.05, 3.63) is 18.2 Å². The van der Waals surface area contributed by atoms with E-state index in [0.29, 0.717) is 6.54 Å². The molecule has 0 fully saturated rings. The second-order valence-corrected chi connectivity index (χ2v) is 4.11. The fraction of sp³-hybridized carbons (Fsp3) is 0.636. The summed E-state index contributed by atoms with van der Waals surface area (Å²) in [5.74, 6) is 0.856. The zero-order valence-corrected chi connectivity index (χ0v) is 10.0. The molecule has 0 spiro atoms. The fourth-order valence-corrected chi connectivity index (χ4v) is 1.20. The summed E-state index contributed by atoms with van der Waals surface area (Å²) in [6, 6.07) is 0. The van der Waals surface area contributed by atoms with E-state index in [4.69, 9.17) is 4.74 Å². The van der Waals surface area contributed by atoms with E-state index in [9.17, 15) is 4.79 Å². The van der Waals surface area contributed by atoms with Crippen molar-refractivity contribution in [1.82, 2.24) is 15.3 Å². The van der Waals surface area contributed by atoms with Gasteiger partial charge in [-0.2, -0.15) is 0 Å². The monoisotopic (exact) mass is 225 g/mol. The lowest BCUT2D eigenvalue weighted by atomic mass is 10.1. The van der Waals surface area contributed by atoms with Gasteiger partial charge in [0, 0.05) is 32.5 Å². The maximum Gasteiger partial charge on any atom is 0.251 e. The largest absolute Gasteiger partial charge is 0.369 e. The van der Waals surface area contributed by atoms with Crippen molar-refractivity contribution in [3.63, 3.8) is 0 Å². The summed E-state index contributed by atoms with van der Waals surface area (Å²) in [6.45, 7) is 4.12. The van der Waals surface area contributed by atoms with Gasteiger partial charge in [0.1, 0.15) is 11.4 Å². The van der Waals surface area contributed by atoms with Gasteiger partial charge in [0.2, 0.25) is 0 Å². The third kappa shape index (κ3) is 3.66. The van der Waals surface area contributed by atoms with Crippen LogP contribution in [0.5, 0.6) is 0 Å². The first-order chi connectivity index (χ1) is 7.56. The molecular weight excluding hydrogens is 206 g/mol. The number of aromatic nitrogens is 2. The zero-order chi connectivity index (χ0) is 12.0. The van der Waals surface area contributed by atoms with Gasteiger partial charge in [-0.25, -0.2) is 4.98 Å². The normalized spacial score (nSPS) is 11.4. The molecule has 90 valence electrons.